The van der Waals surface area contributed by atoms with Gasteiger partial charge in [-0.05, 0) is 24.1 Å². The molecule has 0 saturated heterocycles. The molecule has 0 radical (unpaired) electrons. The van der Waals surface area contributed by atoms with Gasteiger partial charge in [0.15, 0.2) is 5.78 Å². The van der Waals surface area contributed by atoms with Crippen LogP contribution in [-0.4, -0.2) is 21.7 Å². The van der Waals surface area contributed by atoms with Gasteiger partial charge in [0, 0.05) is 17.5 Å². The third-order valence-corrected chi connectivity index (χ3v) is 3.06. The van der Waals surface area contributed by atoms with Gasteiger partial charge < -0.3 is 5.11 Å². The topological polar surface area (TPSA) is 54.4 Å². The summed E-state index contributed by atoms with van der Waals surface area (Å²) in [5.74, 6) is -0.950. The number of Topliss-reactive ketones (excluding diaryl/α,β-unsaturated/α-hetero) is 1. The van der Waals surface area contributed by atoms with Crippen LogP contribution in [0, 0.1) is 0 Å². The molecule has 0 spiro atoms. The van der Waals surface area contributed by atoms with Gasteiger partial charge in [0.05, 0.1) is 4.83 Å². The number of rotatable bonds is 5. The van der Waals surface area contributed by atoms with E-state index in [0.717, 1.165) is 11.6 Å². The Bertz CT molecular complexity index is 495. The second-order valence-corrected chi connectivity index (χ2v) is 5.30. The Balaban J connectivity index is 3.33. The van der Waals surface area contributed by atoms with Crippen LogP contribution in [0.2, 0.25) is 0 Å². The molecule has 96 valence electrons. The molecule has 5 heteroatoms. The second kappa shape index (κ2) is 6.71. The fraction of sp³-hybridized carbons (Fsp3) is 0.231. The van der Waals surface area contributed by atoms with Gasteiger partial charge in [-0.2, -0.15) is 0 Å². The van der Waals surface area contributed by atoms with Crippen molar-refractivity contribution in [2.75, 3.05) is 0 Å². The molecule has 0 aliphatic heterocycles. The number of aliphatic carboxylic acids is 1. The van der Waals surface area contributed by atoms with Gasteiger partial charge in [-0.15, -0.1) is 11.6 Å². The van der Waals surface area contributed by atoms with Gasteiger partial charge in [0.2, 0.25) is 0 Å². The van der Waals surface area contributed by atoms with E-state index >= 15 is 0 Å². The number of hydrogen-bond acceptors (Lipinski definition) is 2. The van der Waals surface area contributed by atoms with E-state index in [4.69, 9.17) is 16.7 Å². The van der Waals surface area contributed by atoms with Crippen LogP contribution in [0.1, 0.15) is 28.4 Å². The van der Waals surface area contributed by atoms with E-state index in [0.29, 0.717) is 11.1 Å². The molecular formula is C13H12BrClO3. The van der Waals surface area contributed by atoms with Crippen molar-refractivity contribution in [1.29, 1.82) is 0 Å². The number of hydrogen-bond donors (Lipinski definition) is 1. The minimum atomic E-state index is -1.07. The summed E-state index contributed by atoms with van der Waals surface area (Å²) >= 11 is 9.01. The number of carboxylic acid groups (broad SMARTS) is 1. The summed E-state index contributed by atoms with van der Waals surface area (Å²) in [6.45, 7) is 1.72. The lowest BCUT2D eigenvalue weighted by molar-refractivity contribution is -0.131. The molecule has 1 atom stereocenters. The highest BCUT2D eigenvalue weighted by molar-refractivity contribution is 9.10. The zero-order valence-corrected chi connectivity index (χ0v) is 12.0. The number of alkyl halides is 2. The van der Waals surface area contributed by atoms with Gasteiger partial charge in [-0.3, -0.25) is 4.79 Å². The van der Waals surface area contributed by atoms with E-state index in [9.17, 15) is 9.59 Å². The number of carbonyl (C=O) groups is 2. The number of ketones is 1. The fourth-order valence-electron chi connectivity index (χ4n) is 1.51. The van der Waals surface area contributed by atoms with Crippen molar-refractivity contribution in [3.8, 4) is 0 Å². The molecule has 0 fully saturated rings. The molecule has 1 N–H and O–H groups in total. The van der Waals surface area contributed by atoms with Crippen molar-refractivity contribution >= 4 is 45.4 Å². The summed E-state index contributed by atoms with van der Waals surface area (Å²) in [7, 11) is 0. The maximum absolute atomic E-state index is 12.0. The third kappa shape index (κ3) is 3.68. The average Bonchev–Trinajstić information content (AvgIpc) is 2.34. The summed E-state index contributed by atoms with van der Waals surface area (Å²) in [6.07, 6.45) is 2.41. The Morgan fingerprint density at radius 2 is 2.17 bits per heavy atom. The molecule has 0 aliphatic carbocycles. The van der Waals surface area contributed by atoms with E-state index in [1.54, 1.807) is 25.1 Å². The number of carbonyl (C=O) groups excluding carboxylic acids is 1. The predicted molar refractivity (Wildman–Crippen MR) is 75.4 cm³/mol. The molecule has 0 bridgehead atoms. The van der Waals surface area contributed by atoms with Crippen molar-refractivity contribution in [3.63, 3.8) is 0 Å². The van der Waals surface area contributed by atoms with Crippen molar-refractivity contribution < 1.29 is 14.7 Å². The lowest BCUT2D eigenvalue weighted by Gasteiger charge is -2.10. The summed E-state index contributed by atoms with van der Waals surface area (Å²) in [5.41, 5.74) is 1.76. The van der Waals surface area contributed by atoms with Crippen LogP contribution in [0.4, 0.5) is 0 Å². The SMILES string of the molecule is CC(Br)C(=O)c1cccc(CCl)c1C=CC(=O)O. The maximum Gasteiger partial charge on any atom is 0.328 e. The van der Waals surface area contributed by atoms with Crippen molar-refractivity contribution in [1.82, 2.24) is 0 Å². The minimum Gasteiger partial charge on any atom is -0.478 e. The molecule has 3 nitrogen and oxygen atoms in total. The molecule has 1 unspecified atom stereocenters. The molecule has 1 aromatic carbocycles. The molecule has 0 amide bonds. The number of halogens is 2. The third-order valence-electron chi connectivity index (χ3n) is 2.36. The first-order valence-corrected chi connectivity index (χ1v) is 6.69. The second-order valence-electron chi connectivity index (χ2n) is 3.66. The number of benzene rings is 1. The van der Waals surface area contributed by atoms with E-state index < -0.39 is 5.97 Å². The summed E-state index contributed by atoms with van der Waals surface area (Å²) in [4.78, 5) is 22.2. The van der Waals surface area contributed by atoms with E-state index in [2.05, 4.69) is 15.9 Å². The van der Waals surface area contributed by atoms with Gasteiger partial charge in [-0.1, -0.05) is 34.1 Å². The highest BCUT2D eigenvalue weighted by Crippen LogP contribution is 2.22. The first-order valence-electron chi connectivity index (χ1n) is 5.24. The molecule has 0 saturated carbocycles. The first kappa shape index (κ1) is 14.9. The van der Waals surface area contributed by atoms with Gasteiger partial charge in [-0.25, -0.2) is 4.79 Å². The highest BCUT2D eigenvalue weighted by Gasteiger charge is 2.16. The Labute approximate surface area is 119 Å². The fourth-order valence-corrected chi connectivity index (χ4v) is 1.99. The van der Waals surface area contributed by atoms with E-state index in [1.165, 1.54) is 6.08 Å². The van der Waals surface area contributed by atoms with Crippen molar-refractivity contribution in [3.05, 3.63) is 41.0 Å². The van der Waals surface area contributed by atoms with Gasteiger partial charge in [0.1, 0.15) is 0 Å². The molecule has 1 aromatic rings. The lowest BCUT2D eigenvalue weighted by Crippen LogP contribution is -2.12. The monoisotopic (exact) mass is 330 g/mol. The van der Waals surface area contributed by atoms with Crippen LogP contribution >= 0.6 is 27.5 Å². The highest BCUT2D eigenvalue weighted by atomic mass is 79.9. The van der Waals surface area contributed by atoms with Crippen molar-refractivity contribution in [2.45, 2.75) is 17.6 Å². The average molecular weight is 332 g/mol. The van der Waals surface area contributed by atoms with Crippen molar-refractivity contribution in [2.24, 2.45) is 0 Å². The van der Waals surface area contributed by atoms with E-state index in [1.807, 2.05) is 0 Å². The number of carboxylic acids is 1. The van der Waals surface area contributed by atoms with Gasteiger partial charge in [0.25, 0.3) is 0 Å². The van der Waals surface area contributed by atoms with Gasteiger partial charge >= 0.3 is 5.97 Å². The van der Waals surface area contributed by atoms with Crippen LogP contribution in [0.25, 0.3) is 6.08 Å². The maximum atomic E-state index is 12.0. The summed E-state index contributed by atoms with van der Waals surface area (Å²) < 4.78 is 0. The predicted octanol–water partition coefficient (Wildman–Crippen LogP) is 3.49. The zero-order chi connectivity index (χ0) is 13.7. The Morgan fingerprint density at radius 3 is 2.67 bits per heavy atom. The Kier molecular flexibility index (Phi) is 5.56. The summed E-state index contributed by atoms with van der Waals surface area (Å²) in [6, 6.07) is 5.17. The van der Waals surface area contributed by atoms with E-state index in [-0.39, 0.29) is 16.5 Å². The molecule has 0 aliphatic rings. The van der Waals surface area contributed by atoms with Crippen LogP contribution in [0.3, 0.4) is 0 Å². The zero-order valence-electron chi connectivity index (χ0n) is 9.69. The molecule has 0 heterocycles. The van der Waals surface area contributed by atoms with Crippen LogP contribution in [0.15, 0.2) is 24.3 Å². The Hall–Kier alpha value is -1.13. The Morgan fingerprint density at radius 1 is 1.50 bits per heavy atom. The molecule has 1 rings (SSSR count). The summed E-state index contributed by atoms with van der Waals surface area (Å²) in [5, 5.41) is 8.66. The minimum absolute atomic E-state index is 0.105. The lowest BCUT2D eigenvalue weighted by atomic mass is 9.97. The molecule has 0 aromatic heterocycles. The first-order chi connectivity index (χ1) is 8.47. The van der Waals surface area contributed by atoms with Crippen LogP contribution in [-0.2, 0) is 10.7 Å². The standard InChI is InChI=1S/C13H12BrClO3/c1-8(14)13(18)11-4-2-3-9(7-15)10(11)5-6-12(16)17/h2-6,8H,7H2,1H3,(H,16,17). The quantitative estimate of drug-likeness (QED) is 0.510. The normalized spacial score (nSPS) is 12.6. The smallest absolute Gasteiger partial charge is 0.328 e. The molecular weight excluding hydrogens is 319 g/mol. The molecule has 18 heavy (non-hydrogen) atoms. The largest absolute Gasteiger partial charge is 0.478 e. The van der Waals surface area contributed by atoms with Crippen LogP contribution in [0.5, 0.6) is 0 Å². The van der Waals surface area contributed by atoms with Crippen LogP contribution < -0.4 is 0 Å².